The zero-order valence-electron chi connectivity index (χ0n) is 12.5. The smallest absolute Gasteiger partial charge is 0.253 e. The third-order valence-electron chi connectivity index (χ3n) is 3.76. The molecule has 116 valence electrons. The van der Waals surface area contributed by atoms with Crippen LogP contribution in [0.3, 0.4) is 0 Å². The minimum Gasteiger partial charge on any atom is -0.345 e. The van der Waals surface area contributed by atoms with E-state index in [9.17, 15) is 4.79 Å². The molecule has 0 spiro atoms. The fourth-order valence-electron chi connectivity index (χ4n) is 2.60. The van der Waals surface area contributed by atoms with Crippen molar-refractivity contribution in [3.63, 3.8) is 0 Å². The van der Waals surface area contributed by atoms with Crippen LogP contribution >= 0.6 is 11.3 Å². The zero-order valence-corrected chi connectivity index (χ0v) is 13.3. The Balaban J connectivity index is 1.50. The molecular formula is C16H20N4OS. The molecule has 22 heavy (non-hydrogen) atoms. The molecule has 0 aromatic carbocycles. The van der Waals surface area contributed by atoms with E-state index in [1.807, 2.05) is 0 Å². The summed E-state index contributed by atoms with van der Waals surface area (Å²) in [6.45, 7) is 3.74. The number of hydrogen-bond donors (Lipinski definition) is 1. The van der Waals surface area contributed by atoms with E-state index >= 15 is 0 Å². The maximum Gasteiger partial charge on any atom is 0.253 e. The molecule has 0 unspecified atom stereocenters. The predicted molar refractivity (Wildman–Crippen MR) is 86.6 cm³/mol. The van der Waals surface area contributed by atoms with Gasteiger partial charge in [-0.05, 0) is 38.1 Å². The number of amides is 1. The molecule has 2 aromatic rings. The number of nitrogens with zero attached hydrogens (tertiary/aromatic N) is 3. The van der Waals surface area contributed by atoms with Crippen LogP contribution in [0.2, 0.25) is 0 Å². The number of likely N-dealkylation sites (tertiary alicyclic amines) is 1. The molecule has 0 atom stereocenters. The summed E-state index contributed by atoms with van der Waals surface area (Å²) in [6, 6.07) is 3.51. The van der Waals surface area contributed by atoms with Gasteiger partial charge < -0.3 is 5.32 Å². The normalized spacial score (nSPS) is 15.6. The maximum atomic E-state index is 12.0. The standard InChI is InChI=1S/C16H20N4OS/c21-16(13-5-4-6-17-9-13)18-10-15-19-14(12-22-15)11-20-7-2-1-3-8-20/h4-6,9,12H,1-3,7-8,10-11H2,(H,18,21). The number of nitrogens with one attached hydrogen (secondary N) is 1. The van der Waals surface area contributed by atoms with E-state index in [4.69, 9.17) is 0 Å². The topological polar surface area (TPSA) is 58.1 Å². The lowest BCUT2D eigenvalue weighted by atomic mass is 10.1. The second-order valence-corrected chi connectivity index (χ2v) is 6.44. The van der Waals surface area contributed by atoms with Crippen LogP contribution in [0.5, 0.6) is 0 Å². The quantitative estimate of drug-likeness (QED) is 0.920. The van der Waals surface area contributed by atoms with Gasteiger partial charge in [-0.2, -0.15) is 0 Å². The van der Waals surface area contributed by atoms with Crippen LogP contribution in [0.25, 0.3) is 0 Å². The monoisotopic (exact) mass is 316 g/mol. The molecule has 0 radical (unpaired) electrons. The van der Waals surface area contributed by atoms with Gasteiger partial charge in [0.1, 0.15) is 5.01 Å². The minimum atomic E-state index is -0.110. The lowest BCUT2D eigenvalue weighted by Crippen LogP contribution is -2.29. The van der Waals surface area contributed by atoms with Crippen LogP contribution in [-0.2, 0) is 13.1 Å². The highest BCUT2D eigenvalue weighted by Crippen LogP contribution is 2.15. The van der Waals surface area contributed by atoms with Crippen LogP contribution in [0, 0.1) is 0 Å². The molecule has 1 aliphatic rings. The first-order chi connectivity index (χ1) is 10.8. The van der Waals surface area contributed by atoms with Crippen molar-refractivity contribution in [1.82, 2.24) is 20.2 Å². The summed E-state index contributed by atoms with van der Waals surface area (Å²) in [5, 5.41) is 5.93. The van der Waals surface area contributed by atoms with Crippen LogP contribution < -0.4 is 5.32 Å². The number of pyridine rings is 1. The van der Waals surface area contributed by atoms with Crippen molar-refractivity contribution in [3.05, 3.63) is 46.2 Å². The van der Waals surface area contributed by atoms with Crippen molar-refractivity contribution in [2.75, 3.05) is 13.1 Å². The number of carbonyl (C=O) groups is 1. The maximum absolute atomic E-state index is 12.0. The molecule has 1 aliphatic heterocycles. The van der Waals surface area contributed by atoms with Crippen molar-refractivity contribution in [2.24, 2.45) is 0 Å². The Morgan fingerprint density at radius 3 is 2.95 bits per heavy atom. The summed E-state index contributed by atoms with van der Waals surface area (Å²) in [5.74, 6) is -0.110. The van der Waals surface area contributed by atoms with E-state index in [2.05, 4.69) is 25.6 Å². The Hall–Kier alpha value is -1.79. The summed E-state index contributed by atoms with van der Waals surface area (Å²) in [5.41, 5.74) is 1.69. The molecule has 1 saturated heterocycles. The Morgan fingerprint density at radius 1 is 1.32 bits per heavy atom. The van der Waals surface area contributed by atoms with Crippen molar-refractivity contribution >= 4 is 17.2 Å². The van der Waals surface area contributed by atoms with Gasteiger partial charge in [-0.1, -0.05) is 6.42 Å². The largest absolute Gasteiger partial charge is 0.345 e. The van der Waals surface area contributed by atoms with Gasteiger partial charge in [0.2, 0.25) is 0 Å². The number of thiazole rings is 1. The number of hydrogen-bond acceptors (Lipinski definition) is 5. The minimum absolute atomic E-state index is 0.110. The van der Waals surface area contributed by atoms with E-state index in [-0.39, 0.29) is 5.91 Å². The predicted octanol–water partition coefficient (Wildman–Crippen LogP) is 2.45. The lowest BCUT2D eigenvalue weighted by Gasteiger charge is -2.25. The van der Waals surface area contributed by atoms with Crippen LogP contribution in [-0.4, -0.2) is 33.9 Å². The van der Waals surface area contributed by atoms with E-state index in [1.165, 1.54) is 32.4 Å². The molecule has 1 N–H and O–H groups in total. The van der Waals surface area contributed by atoms with Crippen LogP contribution in [0.1, 0.15) is 40.3 Å². The average molecular weight is 316 g/mol. The molecule has 2 aromatic heterocycles. The van der Waals surface area contributed by atoms with Gasteiger partial charge >= 0.3 is 0 Å². The van der Waals surface area contributed by atoms with Crippen molar-refractivity contribution < 1.29 is 4.79 Å². The zero-order chi connectivity index (χ0) is 15.2. The molecule has 3 rings (SSSR count). The van der Waals surface area contributed by atoms with Gasteiger partial charge in [0, 0.05) is 24.3 Å². The number of aromatic nitrogens is 2. The fourth-order valence-corrected chi connectivity index (χ4v) is 3.33. The van der Waals surface area contributed by atoms with Gasteiger partial charge in [-0.3, -0.25) is 14.7 Å². The summed E-state index contributed by atoms with van der Waals surface area (Å²) < 4.78 is 0. The van der Waals surface area contributed by atoms with E-state index in [0.29, 0.717) is 12.1 Å². The number of rotatable bonds is 5. The highest BCUT2D eigenvalue weighted by Gasteiger charge is 2.12. The highest BCUT2D eigenvalue weighted by atomic mass is 32.1. The highest BCUT2D eigenvalue weighted by molar-refractivity contribution is 7.09. The summed E-state index contributed by atoms with van der Waals surface area (Å²) in [4.78, 5) is 23.0. The van der Waals surface area contributed by atoms with Gasteiger partial charge in [-0.15, -0.1) is 11.3 Å². The first-order valence-electron chi connectivity index (χ1n) is 7.65. The van der Waals surface area contributed by atoms with Crippen LogP contribution in [0.4, 0.5) is 0 Å². The first kappa shape index (κ1) is 15.1. The Kier molecular flexibility index (Phi) is 5.13. The third kappa shape index (κ3) is 4.11. The molecular weight excluding hydrogens is 296 g/mol. The SMILES string of the molecule is O=C(NCc1nc(CN2CCCCC2)cs1)c1cccnc1. The first-order valence-corrected chi connectivity index (χ1v) is 8.53. The van der Waals surface area contributed by atoms with E-state index < -0.39 is 0 Å². The molecule has 3 heterocycles. The van der Waals surface area contributed by atoms with Gasteiger partial charge in [0.05, 0.1) is 17.8 Å². The number of piperidine rings is 1. The molecule has 5 nitrogen and oxygen atoms in total. The Morgan fingerprint density at radius 2 is 2.18 bits per heavy atom. The Labute approximate surface area is 134 Å². The van der Waals surface area contributed by atoms with Crippen molar-refractivity contribution in [3.8, 4) is 0 Å². The van der Waals surface area contributed by atoms with E-state index in [0.717, 1.165) is 17.2 Å². The lowest BCUT2D eigenvalue weighted by molar-refractivity contribution is 0.0950. The molecule has 1 amide bonds. The van der Waals surface area contributed by atoms with Crippen molar-refractivity contribution in [2.45, 2.75) is 32.4 Å². The molecule has 0 bridgehead atoms. The summed E-state index contributed by atoms with van der Waals surface area (Å²) in [6.07, 6.45) is 7.15. The second kappa shape index (κ2) is 7.47. The average Bonchev–Trinajstić information content (AvgIpc) is 3.02. The molecule has 1 fully saturated rings. The molecule has 0 saturated carbocycles. The van der Waals surface area contributed by atoms with E-state index in [1.54, 1.807) is 35.9 Å². The van der Waals surface area contributed by atoms with Gasteiger partial charge in [-0.25, -0.2) is 4.98 Å². The second-order valence-electron chi connectivity index (χ2n) is 5.49. The summed E-state index contributed by atoms with van der Waals surface area (Å²) >= 11 is 1.61. The fraction of sp³-hybridized carbons (Fsp3) is 0.438. The van der Waals surface area contributed by atoms with Crippen LogP contribution in [0.15, 0.2) is 29.9 Å². The van der Waals surface area contributed by atoms with Gasteiger partial charge in [0.25, 0.3) is 5.91 Å². The third-order valence-corrected chi connectivity index (χ3v) is 4.66. The Bertz CT molecular complexity index is 608. The van der Waals surface area contributed by atoms with Crippen molar-refractivity contribution in [1.29, 1.82) is 0 Å². The number of carbonyl (C=O) groups excluding carboxylic acids is 1. The molecule has 6 heteroatoms. The summed E-state index contributed by atoms with van der Waals surface area (Å²) in [7, 11) is 0. The van der Waals surface area contributed by atoms with Gasteiger partial charge in [0.15, 0.2) is 0 Å². The molecule has 0 aliphatic carbocycles.